The molecule has 11 heteroatoms. The van der Waals surface area contributed by atoms with Crippen molar-refractivity contribution in [3.8, 4) is 0 Å². The van der Waals surface area contributed by atoms with E-state index in [1.54, 1.807) is 21.1 Å². The van der Waals surface area contributed by atoms with E-state index in [0.29, 0.717) is 32.1 Å². The SMILES string of the molecule is CCC1C=C(C)CC(C)CC(OC)C2OC(C(=O)C(=O)N3CCCCC3C(=O)OC3C(C)C(CC1O)OC3(C)OC)C(C)CC2OC. The van der Waals surface area contributed by atoms with Crippen molar-refractivity contribution < 1.29 is 47.9 Å². The Morgan fingerprint density at radius 2 is 1.70 bits per heavy atom. The van der Waals surface area contributed by atoms with Crippen LogP contribution in [0.4, 0.5) is 0 Å². The Balaban J connectivity index is 1.71. The molecule has 13 atom stereocenters. The monoisotopic (exact) mass is 665 g/mol. The summed E-state index contributed by atoms with van der Waals surface area (Å²) in [5.74, 6) is -3.68. The van der Waals surface area contributed by atoms with Gasteiger partial charge >= 0.3 is 5.97 Å². The zero-order valence-electron chi connectivity index (χ0n) is 29.9. The Bertz CT molecular complexity index is 1130. The molecule has 0 aromatic heterocycles. The van der Waals surface area contributed by atoms with Crippen LogP contribution in [0.15, 0.2) is 11.6 Å². The molecule has 268 valence electrons. The molecule has 3 saturated heterocycles. The molecule has 13 unspecified atom stereocenters. The molecule has 1 N–H and O–H groups in total. The molecule has 0 saturated carbocycles. The fourth-order valence-electron chi connectivity index (χ4n) is 8.31. The van der Waals surface area contributed by atoms with Crippen molar-refractivity contribution >= 4 is 17.7 Å². The lowest BCUT2D eigenvalue weighted by Gasteiger charge is -2.43. The van der Waals surface area contributed by atoms with E-state index in [1.165, 1.54) is 12.0 Å². The van der Waals surface area contributed by atoms with E-state index in [9.17, 15) is 19.5 Å². The Morgan fingerprint density at radius 3 is 2.34 bits per heavy atom. The molecular weight excluding hydrogens is 606 g/mol. The Labute approximate surface area is 281 Å². The summed E-state index contributed by atoms with van der Waals surface area (Å²) in [6.07, 6.45) is 2.88. The summed E-state index contributed by atoms with van der Waals surface area (Å²) in [7, 11) is 4.77. The molecule has 0 aromatic carbocycles. The van der Waals surface area contributed by atoms with E-state index in [0.717, 1.165) is 24.8 Å². The van der Waals surface area contributed by atoms with Gasteiger partial charge in [0, 0.05) is 46.1 Å². The molecule has 3 fully saturated rings. The highest BCUT2D eigenvalue weighted by atomic mass is 16.7. The first-order valence-corrected chi connectivity index (χ1v) is 17.6. The summed E-state index contributed by atoms with van der Waals surface area (Å²) in [4.78, 5) is 43.1. The molecule has 4 heterocycles. The number of hydrogen-bond acceptors (Lipinski definition) is 10. The number of amides is 1. The molecule has 47 heavy (non-hydrogen) atoms. The lowest BCUT2D eigenvalue weighted by molar-refractivity contribution is -0.243. The van der Waals surface area contributed by atoms with Gasteiger partial charge in [-0.05, 0) is 70.6 Å². The molecule has 11 nitrogen and oxygen atoms in total. The van der Waals surface area contributed by atoms with Gasteiger partial charge in [0.1, 0.15) is 18.2 Å². The second-order valence-corrected chi connectivity index (χ2v) is 14.7. The number of carbonyl (C=O) groups excluding carboxylic acids is 3. The largest absolute Gasteiger partial charge is 0.455 e. The fourth-order valence-corrected chi connectivity index (χ4v) is 8.31. The summed E-state index contributed by atoms with van der Waals surface area (Å²) in [6, 6.07) is -0.918. The van der Waals surface area contributed by atoms with E-state index in [2.05, 4.69) is 26.8 Å². The third-order valence-electron chi connectivity index (χ3n) is 11.1. The van der Waals surface area contributed by atoms with Crippen LogP contribution in [0, 0.1) is 23.7 Å². The molecular formula is C36H59NO10. The number of hydrogen-bond donors (Lipinski definition) is 1. The standard InChI is InChI=1S/C36H59NO10/c1-10-24-16-20(2)15-21(3)17-28(42-7)32-29(43-8)18-22(4)31(45-32)30(39)34(40)37-14-12-11-13-25(37)35(41)46-33-23(5)27(19-26(24)38)47-36(33,6)44-9/h16,21-29,31-33,38H,10-15,17-19H2,1-9H3. The topological polar surface area (TPSA) is 130 Å². The number of fused-ring (bicyclic) bond motifs is 5. The normalized spacial score (nSPS) is 43.1. The Kier molecular flexibility index (Phi) is 13.1. The van der Waals surface area contributed by atoms with Crippen molar-refractivity contribution in [2.24, 2.45) is 23.7 Å². The molecule has 1 amide bonds. The summed E-state index contributed by atoms with van der Waals surface area (Å²) in [6.45, 7) is 12.1. The molecule has 0 spiro atoms. The highest BCUT2D eigenvalue weighted by Crippen LogP contribution is 2.41. The highest BCUT2D eigenvalue weighted by Gasteiger charge is 2.55. The van der Waals surface area contributed by atoms with Crippen LogP contribution >= 0.6 is 0 Å². The molecule has 0 aromatic rings. The third-order valence-corrected chi connectivity index (χ3v) is 11.1. The van der Waals surface area contributed by atoms with Gasteiger partial charge < -0.3 is 38.4 Å². The van der Waals surface area contributed by atoms with Gasteiger partial charge in [-0.15, -0.1) is 0 Å². The summed E-state index contributed by atoms with van der Waals surface area (Å²) >= 11 is 0. The lowest BCUT2D eigenvalue weighted by Crippen LogP contribution is -2.58. The third kappa shape index (κ3) is 8.29. The summed E-state index contributed by atoms with van der Waals surface area (Å²) in [5, 5.41) is 11.4. The maximum absolute atomic E-state index is 13.9. The quantitative estimate of drug-likeness (QED) is 0.265. The first-order chi connectivity index (χ1) is 22.3. The van der Waals surface area contributed by atoms with Gasteiger partial charge in [-0.25, -0.2) is 4.79 Å². The van der Waals surface area contributed by atoms with E-state index < -0.39 is 60.0 Å². The van der Waals surface area contributed by atoms with Crippen LogP contribution in [0.3, 0.4) is 0 Å². The number of ketones is 1. The Morgan fingerprint density at radius 1 is 1.02 bits per heavy atom. The predicted molar refractivity (Wildman–Crippen MR) is 174 cm³/mol. The number of aliphatic hydroxyl groups is 1. The van der Waals surface area contributed by atoms with Crippen molar-refractivity contribution in [3.05, 3.63) is 11.6 Å². The predicted octanol–water partition coefficient (Wildman–Crippen LogP) is 4.22. The summed E-state index contributed by atoms with van der Waals surface area (Å²) < 4.78 is 36.5. The number of rotatable bonds is 4. The maximum Gasteiger partial charge on any atom is 0.329 e. The van der Waals surface area contributed by atoms with Crippen LogP contribution in [0.1, 0.15) is 92.9 Å². The molecule has 0 radical (unpaired) electrons. The van der Waals surface area contributed by atoms with Gasteiger partial charge in [0.25, 0.3) is 5.91 Å². The number of piperidine rings is 1. The van der Waals surface area contributed by atoms with Crippen LogP contribution in [-0.2, 0) is 42.8 Å². The Hall–Kier alpha value is -1.89. The van der Waals surface area contributed by atoms with E-state index in [-0.39, 0.29) is 42.4 Å². The number of carbonyl (C=O) groups is 3. The maximum atomic E-state index is 13.9. The van der Waals surface area contributed by atoms with Crippen LogP contribution < -0.4 is 0 Å². The van der Waals surface area contributed by atoms with Crippen molar-refractivity contribution in [2.45, 2.75) is 147 Å². The average Bonchev–Trinajstić information content (AvgIpc) is 3.29. The lowest BCUT2D eigenvalue weighted by atomic mass is 9.83. The number of Topliss-reactive ketones (excluding diaryl/α,β-unsaturated/α-hetero) is 1. The molecule has 4 bridgehead atoms. The van der Waals surface area contributed by atoms with E-state index >= 15 is 0 Å². The van der Waals surface area contributed by atoms with Crippen molar-refractivity contribution in [3.63, 3.8) is 0 Å². The minimum absolute atomic E-state index is 0.0876. The van der Waals surface area contributed by atoms with E-state index in [1.807, 2.05) is 13.8 Å². The van der Waals surface area contributed by atoms with E-state index in [4.69, 9.17) is 28.4 Å². The second-order valence-electron chi connectivity index (χ2n) is 14.7. The number of aliphatic hydroxyl groups excluding tert-OH is 1. The van der Waals surface area contributed by atoms with Crippen molar-refractivity contribution in [1.82, 2.24) is 4.90 Å². The van der Waals surface area contributed by atoms with Crippen LogP contribution in [0.5, 0.6) is 0 Å². The fraction of sp³-hybridized carbons (Fsp3) is 0.861. The molecule has 4 aliphatic heterocycles. The summed E-state index contributed by atoms with van der Waals surface area (Å²) in [5.41, 5.74) is 1.16. The van der Waals surface area contributed by atoms with Crippen molar-refractivity contribution in [1.29, 1.82) is 0 Å². The highest BCUT2D eigenvalue weighted by molar-refractivity contribution is 6.38. The number of esters is 1. The van der Waals surface area contributed by atoms with Gasteiger partial charge in [-0.3, -0.25) is 9.59 Å². The van der Waals surface area contributed by atoms with Crippen LogP contribution in [-0.4, -0.2) is 110 Å². The van der Waals surface area contributed by atoms with Gasteiger partial charge in [-0.1, -0.05) is 39.3 Å². The number of methoxy groups -OCH3 is 3. The second kappa shape index (κ2) is 16.2. The van der Waals surface area contributed by atoms with Crippen molar-refractivity contribution in [2.75, 3.05) is 27.9 Å². The van der Waals surface area contributed by atoms with Gasteiger partial charge in [0.15, 0.2) is 6.10 Å². The smallest absolute Gasteiger partial charge is 0.329 e. The number of allylic oxidation sites excluding steroid dienone is 1. The number of ether oxygens (including phenoxy) is 6. The van der Waals surface area contributed by atoms with Gasteiger partial charge in [0.2, 0.25) is 11.6 Å². The first kappa shape index (κ1) is 37.9. The number of nitrogens with zero attached hydrogens (tertiary/aromatic N) is 1. The molecule has 4 rings (SSSR count). The van der Waals surface area contributed by atoms with Crippen LogP contribution in [0.25, 0.3) is 0 Å². The molecule has 4 aliphatic rings. The average molecular weight is 666 g/mol. The molecule has 0 aliphatic carbocycles. The zero-order valence-corrected chi connectivity index (χ0v) is 29.9. The van der Waals surface area contributed by atoms with Gasteiger partial charge in [0.05, 0.1) is 24.4 Å². The minimum Gasteiger partial charge on any atom is -0.455 e. The van der Waals surface area contributed by atoms with Crippen LogP contribution in [0.2, 0.25) is 0 Å². The minimum atomic E-state index is -1.24. The van der Waals surface area contributed by atoms with Gasteiger partial charge in [-0.2, -0.15) is 0 Å². The first-order valence-electron chi connectivity index (χ1n) is 17.6. The zero-order chi connectivity index (χ0) is 34.6.